The maximum Gasteiger partial charge on any atom is 0.321 e. The van der Waals surface area contributed by atoms with Gasteiger partial charge < -0.3 is 15.3 Å². The molecule has 2 amide bonds. The highest BCUT2D eigenvalue weighted by Crippen LogP contribution is 2.27. The lowest BCUT2D eigenvalue weighted by Crippen LogP contribution is -2.47. The van der Waals surface area contributed by atoms with Crippen molar-refractivity contribution < 1.29 is 9.90 Å². The summed E-state index contributed by atoms with van der Waals surface area (Å²) >= 11 is 1.68. The van der Waals surface area contributed by atoms with E-state index in [0.717, 1.165) is 17.7 Å². The number of aliphatic hydroxyl groups excluding tert-OH is 1. The van der Waals surface area contributed by atoms with Crippen molar-refractivity contribution in [2.75, 3.05) is 18.4 Å². The molecule has 22 heavy (non-hydrogen) atoms. The number of β-amino-alcohol motifs (C(OH)–C–C–N with tert-alkyl or cyclic N) is 1. The smallest absolute Gasteiger partial charge is 0.321 e. The van der Waals surface area contributed by atoms with E-state index in [0.29, 0.717) is 13.1 Å². The molecule has 0 radical (unpaired) electrons. The lowest BCUT2D eigenvalue weighted by molar-refractivity contribution is 0.0464. The molecule has 116 valence electrons. The van der Waals surface area contributed by atoms with Crippen LogP contribution in [-0.2, 0) is 0 Å². The van der Waals surface area contributed by atoms with Gasteiger partial charge in [0.05, 0.1) is 6.10 Å². The quantitative estimate of drug-likeness (QED) is 0.888. The minimum Gasteiger partial charge on any atom is -0.391 e. The van der Waals surface area contributed by atoms with Gasteiger partial charge in [0.2, 0.25) is 0 Å². The van der Waals surface area contributed by atoms with Gasteiger partial charge in [-0.1, -0.05) is 25.1 Å². The molecule has 1 fully saturated rings. The molecule has 2 aromatic rings. The summed E-state index contributed by atoms with van der Waals surface area (Å²) < 4.78 is 0. The Morgan fingerprint density at radius 3 is 2.95 bits per heavy atom. The zero-order valence-electron chi connectivity index (χ0n) is 12.5. The van der Waals surface area contributed by atoms with E-state index in [-0.39, 0.29) is 11.9 Å². The minimum absolute atomic E-state index is 0.144. The first kappa shape index (κ1) is 15.1. The summed E-state index contributed by atoms with van der Waals surface area (Å²) in [6.07, 6.45) is 0.404. The van der Waals surface area contributed by atoms with Crippen LogP contribution in [0.4, 0.5) is 10.5 Å². The lowest BCUT2D eigenvalue weighted by atomic mass is 9.96. The second-order valence-electron chi connectivity index (χ2n) is 5.77. The Morgan fingerprint density at radius 1 is 1.36 bits per heavy atom. The van der Waals surface area contributed by atoms with Crippen LogP contribution in [0.1, 0.15) is 13.3 Å². The fraction of sp³-hybridized carbons (Fsp3) is 0.353. The molecule has 0 bridgehead atoms. The molecule has 0 saturated carbocycles. The van der Waals surface area contributed by atoms with Gasteiger partial charge in [-0.2, -0.15) is 0 Å². The number of carbonyl (C=O) groups is 1. The third kappa shape index (κ3) is 3.31. The van der Waals surface area contributed by atoms with Crippen molar-refractivity contribution in [3.05, 3.63) is 41.8 Å². The number of nitrogens with one attached hydrogen (secondary N) is 1. The fourth-order valence-corrected chi connectivity index (χ4v) is 3.35. The molecule has 4 nitrogen and oxygen atoms in total. The summed E-state index contributed by atoms with van der Waals surface area (Å²) in [5.74, 6) is 0.256. The SMILES string of the molecule is CC1CCN(C(=O)Nc2cccc(-c3cccs3)c2)CC1O. The number of anilines is 1. The Hall–Kier alpha value is -1.85. The number of nitrogens with zero attached hydrogens (tertiary/aromatic N) is 1. The van der Waals surface area contributed by atoms with Crippen LogP contribution in [0.3, 0.4) is 0 Å². The summed E-state index contributed by atoms with van der Waals surface area (Å²) in [5, 5.41) is 14.9. The van der Waals surface area contributed by atoms with E-state index >= 15 is 0 Å². The Kier molecular flexibility index (Phi) is 4.45. The van der Waals surface area contributed by atoms with Gasteiger partial charge in [-0.3, -0.25) is 0 Å². The summed E-state index contributed by atoms with van der Waals surface area (Å²) in [7, 11) is 0. The fourth-order valence-electron chi connectivity index (χ4n) is 2.63. The predicted octanol–water partition coefficient (Wildman–Crippen LogP) is 3.65. The highest BCUT2D eigenvalue weighted by Gasteiger charge is 2.27. The van der Waals surface area contributed by atoms with Gasteiger partial charge in [-0.05, 0) is 41.5 Å². The maximum atomic E-state index is 12.3. The topological polar surface area (TPSA) is 52.6 Å². The first-order valence-electron chi connectivity index (χ1n) is 7.51. The van der Waals surface area contributed by atoms with Crippen LogP contribution in [0.5, 0.6) is 0 Å². The van der Waals surface area contributed by atoms with Gasteiger partial charge in [0, 0.05) is 23.7 Å². The first-order valence-corrected chi connectivity index (χ1v) is 8.39. The second-order valence-corrected chi connectivity index (χ2v) is 6.72. The molecule has 1 aromatic heterocycles. The predicted molar refractivity (Wildman–Crippen MR) is 90.1 cm³/mol. The Balaban J connectivity index is 1.68. The summed E-state index contributed by atoms with van der Waals surface area (Å²) in [5.41, 5.74) is 1.88. The average Bonchev–Trinajstić information content (AvgIpc) is 3.04. The van der Waals surface area contributed by atoms with Crippen molar-refractivity contribution in [1.29, 1.82) is 0 Å². The van der Waals surface area contributed by atoms with Crippen LogP contribution in [0.15, 0.2) is 41.8 Å². The average molecular weight is 316 g/mol. The second kappa shape index (κ2) is 6.50. The van der Waals surface area contributed by atoms with Gasteiger partial charge in [0.25, 0.3) is 0 Å². The number of hydrogen-bond donors (Lipinski definition) is 2. The molecular weight excluding hydrogens is 296 g/mol. The maximum absolute atomic E-state index is 12.3. The Bertz CT molecular complexity index is 642. The molecule has 2 N–H and O–H groups in total. The number of aliphatic hydroxyl groups is 1. The number of hydrogen-bond acceptors (Lipinski definition) is 3. The lowest BCUT2D eigenvalue weighted by Gasteiger charge is -2.34. The van der Waals surface area contributed by atoms with Gasteiger partial charge >= 0.3 is 6.03 Å². The molecular formula is C17H20N2O2S. The van der Waals surface area contributed by atoms with Crippen LogP contribution in [0.25, 0.3) is 10.4 Å². The van der Waals surface area contributed by atoms with E-state index < -0.39 is 6.10 Å². The monoisotopic (exact) mass is 316 g/mol. The number of benzene rings is 1. The van der Waals surface area contributed by atoms with Crippen LogP contribution in [0, 0.1) is 5.92 Å². The third-order valence-electron chi connectivity index (χ3n) is 4.13. The van der Waals surface area contributed by atoms with E-state index in [4.69, 9.17) is 0 Å². The number of carbonyl (C=O) groups excluding carboxylic acids is 1. The van der Waals surface area contributed by atoms with Gasteiger partial charge in [0.1, 0.15) is 0 Å². The van der Waals surface area contributed by atoms with E-state index in [1.165, 1.54) is 4.88 Å². The molecule has 1 aliphatic rings. The van der Waals surface area contributed by atoms with Crippen LogP contribution < -0.4 is 5.32 Å². The van der Waals surface area contributed by atoms with E-state index in [1.54, 1.807) is 16.2 Å². The molecule has 2 heterocycles. The molecule has 1 aromatic carbocycles. The van der Waals surface area contributed by atoms with Crippen molar-refractivity contribution in [2.24, 2.45) is 5.92 Å². The van der Waals surface area contributed by atoms with Gasteiger partial charge in [-0.25, -0.2) is 4.79 Å². The largest absolute Gasteiger partial charge is 0.391 e. The summed E-state index contributed by atoms with van der Waals surface area (Å²) in [4.78, 5) is 15.2. The Morgan fingerprint density at radius 2 is 2.23 bits per heavy atom. The molecule has 1 aliphatic heterocycles. The van der Waals surface area contributed by atoms with Crippen molar-refractivity contribution in [1.82, 2.24) is 4.90 Å². The molecule has 1 saturated heterocycles. The van der Waals surface area contributed by atoms with Crippen LogP contribution in [-0.4, -0.2) is 35.2 Å². The highest BCUT2D eigenvalue weighted by atomic mass is 32.1. The molecule has 2 atom stereocenters. The normalized spacial score (nSPS) is 21.6. The molecule has 3 rings (SSSR count). The molecule has 5 heteroatoms. The summed E-state index contributed by atoms with van der Waals surface area (Å²) in [6, 6.07) is 11.8. The van der Waals surface area contributed by atoms with E-state index in [9.17, 15) is 9.90 Å². The number of piperidine rings is 1. The number of rotatable bonds is 2. The van der Waals surface area contributed by atoms with Crippen molar-refractivity contribution >= 4 is 23.1 Å². The zero-order chi connectivity index (χ0) is 15.5. The number of thiophene rings is 1. The van der Waals surface area contributed by atoms with Crippen molar-refractivity contribution in [3.63, 3.8) is 0 Å². The number of urea groups is 1. The van der Waals surface area contributed by atoms with Crippen molar-refractivity contribution in [2.45, 2.75) is 19.4 Å². The highest BCUT2D eigenvalue weighted by molar-refractivity contribution is 7.13. The zero-order valence-corrected chi connectivity index (χ0v) is 13.3. The third-order valence-corrected chi connectivity index (χ3v) is 5.04. The summed E-state index contributed by atoms with van der Waals surface area (Å²) in [6.45, 7) is 3.11. The van der Waals surface area contributed by atoms with Crippen molar-refractivity contribution in [3.8, 4) is 10.4 Å². The molecule has 0 spiro atoms. The van der Waals surface area contributed by atoms with E-state index in [2.05, 4.69) is 11.4 Å². The first-order chi connectivity index (χ1) is 10.6. The van der Waals surface area contributed by atoms with E-state index in [1.807, 2.05) is 42.6 Å². The standard InChI is InChI=1S/C17H20N2O2S/c1-12-7-8-19(11-15(12)20)17(21)18-14-5-2-4-13(10-14)16-6-3-9-22-16/h2-6,9-10,12,15,20H,7-8,11H2,1H3,(H,18,21). The van der Waals surface area contributed by atoms with Gasteiger partial charge in [-0.15, -0.1) is 11.3 Å². The Labute approximate surface area is 134 Å². The van der Waals surface area contributed by atoms with Crippen LogP contribution >= 0.6 is 11.3 Å². The molecule has 0 aliphatic carbocycles. The molecule has 2 unspecified atom stereocenters. The van der Waals surface area contributed by atoms with Gasteiger partial charge in [0.15, 0.2) is 0 Å². The number of likely N-dealkylation sites (tertiary alicyclic amines) is 1. The number of amides is 2. The van der Waals surface area contributed by atoms with Crippen LogP contribution in [0.2, 0.25) is 0 Å². The minimum atomic E-state index is -0.433.